The summed E-state index contributed by atoms with van der Waals surface area (Å²) in [6.07, 6.45) is 7.05. The molecule has 2 nitrogen and oxygen atoms in total. The van der Waals surface area contributed by atoms with Gasteiger partial charge in [-0.15, -0.1) is 0 Å². The van der Waals surface area contributed by atoms with Crippen LogP contribution in [0.25, 0.3) is 0 Å². The van der Waals surface area contributed by atoms with E-state index in [-0.39, 0.29) is 0 Å². The van der Waals surface area contributed by atoms with Crippen LogP contribution < -0.4 is 10.6 Å². The minimum Gasteiger partial charge on any atom is -0.315 e. The molecule has 1 saturated heterocycles. The summed E-state index contributed by atoms with van der Waals surface area (Å²) in [5, 5.41) is 7.11. The van der Waals surface area contributed by atoms with Gasteiger partial charge in [-0.05, 0) is 37.6 Å². The molecule has 0 aromatic heterocycles. The van der Waals surface area contributed by atoms with Crippen LogP contribution in [0.15, 0.2) is 0 Å². The van der Waals surface area contributed by atoms with Crippen LogP contribution in [0.2, 0.25) is 0 Å². The molecule has 1 unspecified atom stereocenters. The Hall–Kier alpha value is -0.0800. The fourth-order valence-electron chi connectivity index (χ4n) is 2.52. The summed E-state index contributed by atoms with van der Waals surface area (Å²) in [6.45, 7) is 5.99. The van der Waals surface area contributed by atoms with Gasteiger partial charge < -0.3 is 10.6 Å². The second-order valence-corrected chi connectivity index (χ2v) is 4.78. The Labute approximate surface area is 81.5 Å². The molecule has 2 heteroatoms. The second-order valence-electron chi connectivity index (χ2n) is 4.78. The zero-order chi connectivity index (χ0) is 9.15. The van der Waals surface area contributed by atoms with Crippen LogP contribution in [0, 0.1) is 5.41 Å². The van der Waals surface area contributed by atoms with Gasteiger partial charge in [-0.25, -0.2) is 0 Å². The molecule has 0 bridgehead atoms. The third-order valence-corrected chi connectivity index (χ3v) is 3.99. The normalized spacial score (nSPS) is 31.6. The van der Waals surface area contributed by atoms with Crippen LogP contribution in [0.1, 0.15) is 39.0 Å². The number of rotatable bonds is 4. The summed E-state index contributed by atoms with van der Waals surface area (Å²) in [5.74, 6) is 0. The highest BCUT2D eigenvalue weighted by Gasteiger charge is 2.35. The molecular formula is C11H22N2. The monoisotopic (exact) mass is 182 g/mol. The maximum absolute atomic E-state index is 3.71. The molecule has 2 aliphatic rings. The molecule has 2 N–H and O–H groups in total. The first-order valence-electron chi connectivity index (χ1n) is 5.79. The zero-order valence-electron chi connectivity index (χ0n) is 8.73. The Bertz CT molecular complexity index is 152. The van der Waals surface area contributed by atoms with Gasteiger partial charge in [0.15, 0.2) is 0 Å². The molecule has 0 aromatic rings. The molecule has 2 rings (SSSR count). The molecule has 13 heavy (non-hydrogen) atoms. The van der Waals surface area contributed by atoms with Crippen molar-refractivity contribution in [2.75, 3.05) is 19.6 Å². The summed E-state index contributed by atoms with van der Waals surface area (Å²) in [4.78, 5) is 0. The molecule has 0 spiro atoms. The van der Waals surface area contributed by atoms with Crippen LogP contribution in [0.5, 0.6) is 0 Å². The second kappa shape index (κ2) is 3.97. The zero-order valence-corrected chi connectivity index (χ0v) is 8.73. The van der Waals surface area contributed by atoms with E-state index >= 15 is 0 Å². The fraction of sp³-hybridized carbons (Fsp3) is 1.00. The lowest BCUT2D eigenvalue weighted by Gasteiger charge is -2.42. The van der Waals surface area contributed by atoms with E-state index in [4.69, 9.17) is 0 Å². The lowest BCUT2D eigenvalue weighted by Crippen LogP contribution is -2.44. The predicted octanol–water partition coefficient (Wildman–Crippen LogP) is 1.52. The van der Waals surface area contributed by atoms with E-state index in [0.717, 1.165) is 6.04 Å². The first kappa shape index (κ1) is 9.47. The van der Waals surface area contributed by atoms with Crippen LogP contribution in [0.3, 0.4) is 0 Å². The van der Waals surface area contributed by atoms with Crippen molar-refractivity contribution in [1.29, 1.82) is 0 Å². The fourth-order valence-corrected chi connectivity index (χ4v) is 2.52. The van der Waals surface area contributed by atoms with Crippen molar-refractivity contribution in [2.45, 2.75) is 45.1 Å². The van der Waals surface area contributed by atoms with Crippen LogP contribution in [-0.4, -0.2) is 25.7 Å². The summed E-state index contributed by atoms with van der Waals surface area (Å²) in [5.41, 5.74) is 0.683. The van der Waals surface area contributed by atoms with Crippen molar-refractivity contribution < 1.29 is 0 Å². The molecule has 1 aliphatic heterocycles. The summed E-state index contributed by atoms with van der Waals surface area (Å²) < 4.78 is 0. The maximum Gasteiger partial charge on any atom is 0.0204 e. The SMILES string of the molecule is CCC1(CNC2CCNC2)CCC1. The topological polar surface area (TPSA) is 24.1 Å². The Kier molecular flexibility index (Phi) is 2.89. The molecule has 0 radical (unpaired) electrons. The molecule has 1 aliphatic carbocycles. The Morgan fingerprint density at radius 2 is 2.31 bits per heavy atom. The lowest BCUT2D eigenvalue weighted by molar-refractivity contribution is 0.120. The van der Waals surface area contributed by atoms with Gasteiger partial charge in [0.25, 0.3) is 0 Å². The maximum atomic E-state index is 3.71. The first-order chi connectivity index (χ1) is 6.35. The van der Waals surface area contributed by atoms with Crippen molar-refractivity contribution in [1.82, 2.24) is 10.6 Å². The average molecular weight is 182 g/mol. The van der Waals surface area contributed by atoms with Gasteiger partial charge in [0, 0.05) is 19.1 Å². The van der Waals surface area contributed by atoms with E-state index in [9.17, 15) is 0 Å². The molecule has 0 aromatic carbocycles. The molecule has 1 heterocycles. The Morgan fingerprint density at radius 3 is 2.77 bits per heavy atom. The van der Waals surface area contributed by atoms with Crippen LogP contribution >= 0.6 is 0 Å². The van der Waals surface area contributed by atoms with E-state index in [1.807, 2.05) is 0 Å². The summed E-state index contributed by atoms with van der Waals surface area (Å²) in [6, 6.07) is 0.754. The summed E-state index contributed by atoms with van der Waals surface area (Å²) in [7, 11) is 0. The van der Waals surface area contributed by atoms with Gasteiger partial charge in [-0.2, -0.15) is 0 Å². The minimum absolute atomic E-state index is 0.683. The van der Waals surface area contributed by atoms with Crippen LogP contribution in [-0.2, 0) is 0 Å². The molecule has 76 valence electrons. The Balaban J connectivity index is 1.71. The summed E-state index contributed by atoms with van der Waals surface area (Å²) >= 11 is 0. The number of nitrogens with one attached hydrogen (secondary N) is 2. The first-order valence-corrected chi connectivity index (χ1v) is 5.79. The van der Waals surface area contributed by atoms with Gasteiger partial charge in [0.2, 0.25) is 0 Å². The van der Waals surface area contributed by atoms with Crippen molar-refractivity contribution >= 4 is 0 Å². The third-order valence-electron chi connectivity index (χ3n) is 3.99. The standard InChI is InChI=1S/C11H22N2/c1-2-11(5-3-6-11)9-13-10-4-7-12-8-10/h10,12-13H,2-9H2,1H3. The van der Waals surface area contributed by atoms with Crippen molar-refractivity contribution in [3.8, 4) is 0 Å². The predicted molar refractivity (Wildman–Crippen MR) is 55.9 cm³/mol. The molecular weight excluding hydrogens is 160 g/mol. The smallest absolute Gasteiger partial charge is 0.0204 e. The molecule has 1 saturated carbocycles. The third kappa shape index (κ3) is 2.05. The van der Waals surface area contributed by atoms with Crippen molar-refractivity contribution in [3.05, 3.63) is 0 Å². The van der Waals surface area contributed by atoms with E-state index in [0.29, 0.717) is 5.41 Å². The van der Waals surface area contributed by atoms with Gasteiger partial charge in [0.1, 0.15) is 0 Å². The highest BCUT2D eigenvalue weighted by molar-refractivity contribution is 4.90. The number of hydrogen-bond donors (Lipinski definition) is 2. The van der Waals surface area contributed by atoms with E-state index < -0.39 is 0 Å². The average Bonchev–Trinajstić information content (AvgIpc) is 2.56. The van der Waals surface area contributed by atoms with E-state index in [2.05, 4.69) is 17.6 Å². The van der Waals surface area contributed by atoms with Gasteiger partial charge in [-0.1, -0.05) is 13.3 Å². The Morgan fingerprint density at radius 1 is 1.46 bits per heavy atom. The molecule has 2 fully saturated rings. The minimum atomic E-state index is 0.683. The molecule has 0 amide bonds. The van der Waals surface area contributed by atoms with Crippen molar-refractivity contribution in [3.63, 3.8) is 0 Å². The highest BCUT2D eigenvalue weighted by Crippen LogP contribution is 2.43. The van der Waals surface area contributed by atoms with Crippen LogP contribution in [0.4, 0.5) is 0 Å². The van der Waals surface area contributed by atoms with E-state index in [1.165, 1.54) is 51.7 Å². The number of hydrogen-bond acceptors (Lipinski definition) is 2. The quantitative estimate of drug-likeness (QED) is 0.689. The van der Waals surface area contributed by atoms with E-state index in [1.54, 1.807) is 0 Å². The molecule has 1 atom stereocenters. The van der Waals surface area contributed by atoms with Crippen molar-refractivity contribution in [2.24, 2.45) is 5.41 Å². The van der Waals surface area contributed by atoms with Gasteiger partial charge >= 0.3 is 0 Å². The van der Waals surface area contributed by atoms with Gasteiger partial charge in [0.05, 0.1) is 0 Å². The highest BCUT2D eigenvalue weighted by atomic mass is 15.0. The van der Waals surface area contributed by atoms with Gasteiger partial charge in [-0.3, -0.25) is 0 Å². The largest absolute Gasteiger partial charge is 0.315 e. The lowest BCUT2D eigenvalue weighted by atomic mass is 9.67.